The molecule has 1 aromatic heterocycles. The molecule has 0 bridgehead atoms. The van der Waals surface area contributed by atoms with Crippen molar-refractivity contribution in [2.24, 2.45) is 5.84 Å². The lowest BCUT2D eigenvalue weighted by atomic mass is 10.3. The molecule has 0 aliphatic heterocycles. The molecule has 0 radical (unpaired) electrons. The van der Waals surface area contributed by atoms with Crippen molar-refractivity contribution in [3.63, 3.8) is 0 Å². The number of rotatable bonds is 5. The van der Waals surface area contributed by atoms with Gasteiger partial charge in [0.05, 0.1) is 19.3 Å². The van der Waals surface area contributed by atoms with Gasteiger partial charge in [0.1, 0.15) is 18.0 Å². The lowest BCUT2D eigenvalue weighted by Crippen LogP contribution is -2.28. The molecule has 7 nitrogen and oxygen atoms in total. The highest BCUT2D eigenvalue weighted by molar-refractivity contribution is 5.46. The van der Waals surface area contributed by atoms with E-state index in [9.17, 15) is 0 Å². The first kappa shape index (κ1) is 10.6. The molecule has 0 aromatic carbocycles. The maximum absolute atomic E-state index is 8.81. The van der Waals surface area contributed by atoms with E-state index >= 15 is 0 Å². The van der Waals surface area contributed by atoms with Crippen LogP contribution in [0.1, 0.15) is 0 Å². The number of hydrogen-bond acceptors (Lipinski definition) is 7. The minimum atomic E-state index is -0.435. The molecular formula is C7H13N5O2. The summed E-state index contributed by atoms with van der Waals surface area (Å²) in [6.45, 7) is -0.349. The second-order valence-corrected chi connectivity index (χ2v) is 2.64. The van der Waals surface area contributed by atoms with Crippen molar-refractivity contribution >= 4 is 11.6 Å². The molecule has 6 N–H and O–H groups in total. The Morgan fingerprint density at radius 1 is 1.29 bits per heavy atom. The third-order valence-electron chi connectivity index (χ3n) is 1.61. The predicted octanol–water partition coefficient (Wildman–Crippen LogP) is -1.47. The van der Waals surface area contributed by atoms with Crippen LogP contribution in [0.5, 0.6) is 0 Å². The van der Waals surface area contributed by atoms with Gasteiger partial charge in [0.2, 0.25) is 0 Å². The molecule has 14 heavy (non-hydrogen) atoms. The minimum Gasteiger partial charge on any atom is -0.394 e. The van der Waals surface area contributed by atoms with E-state index in [0.717, 1.165) is 0 Å². The van der Waals surface area contributed by atoms with Gasteiger partial charge in [0.25, 0.3) is 0 Å². The molecule has 0 atom stereocenters. The van der Waals surface area contributed by atoms with Crippen molar-refractivity contribution in [2.45, 2.75) is 6.04 Å². The van der Waals surface area contributed by atoms with E-state index in [1.807, 2.05) is 0 Å². The zero-order chi connectivity index (χ0) is 10.4. The SMILES string of the molecule is NNc1cc(NC(CO)CO)ncn1. The zero-order valence-corrected chi connectivity index (χ0v) is 7.51. The van der Waals surface area contributed by atoms with Crippen molar-refractivity contribution < 1.29 is 10.2 Å². The number of anilines is 2. The van der Waals surface area contributed by atoms with Gasteiger partial charge in [-0.05, 0) is 0 Å². The Kier molecular flexibility index (Phi) is 4.05. The zero-order valence-electron chi connectivity index (χ0n) is 7.51. The molecule has 0 unspecified atom stereocenters. The molecule has 0 aliphatic rings. The number of aromatic nitrogens is 2. The monoisotopic (exact) mass is 199 g/mol. The average Bonchev–Trinajstić information content (AvgIpc) is 2.26. The number of nitrogens with two attached hydrogens (primary N) is 1. The summed E-state index contributed by atoms with van der Waals surface area (Å²) in [6, 6.07) is 1.13. The van der Waals surface area contributed by atoms with Crippen LogP contribution in [0, 0.1) is 0 Å². The number of aliphatic hydroxyl groups is 2. The first-order valence-electron chi connectivity index (χ1n) is 4.07. The highest BCUT2D eigenvalue weighted by Gasteiger charge is 2.06. The fourth-order valence-corrected chi connectivity index (χ4v) is 0.873. The molecule has 1 aromatic rings. The van der Waals surface area contributed by atoms with E-state index in [2.05, 4.69) is 20.7 Å². The summed E-state index contributed by atoms with van der Waals surface area (Å²) in [7, 11) is 0. The van der Waals surface area contributed by atoms with Crippen molar-refractivity contribution in [1.29, 1.82) is 0 Å². The minimum absolute atomic E-state index is 0.175. The number of nitrogens with zero attached hydrogens (tertiary/aromatic N) is 2. The quantitative estimate of drug-likeness (QED) is 0.290. The van der Waals surface area contributed by atoms with E-state index in [0.29, 0.717) is 11.6 Å². The standard InChI is InChI=1S/C7H13N5O2/c8-12-7-1-6(9-4-10-7)11-5(2-13)3-14/h1,4-5,13-14H,2-3,8H2,(H2,9,10,11,12). The van der Waals surface area contributed by atoms with Crippen LogP contribution in [0.2, 0.25) is 0 Å². The lowest BCUT2D eigenvalue weighted by molar-refractivity contribution is 0.203. The van der Waals surface area contributed by atoms with E-state index in [1.54, 1.807) is 6.07 Å². The maximum atomic E-state index is 8.81. The van der Waals surface area contributed by atoms with Gasteiger partial charge in [0, 0.05) is 6.07 Å². The molecule has 0 saturated heterocycles. The van der Waals surface area contributed by atoms with E-state index < -0.39 is 6.04 Å². The fraction of sp³-hybridized carbons (Fsp3) is 0.429. The van der Waals surface area contributed by atoms with Crippen LogP contribution in [0.25, 0.3) is 0 Å². The Morgan fingerprint density at radius 2 is 1.93 bits per heavy atom. The van der Waals surface area contributed by atoms with E-state index in [1.165, 1.54) is 6.33 Å². The number of aliphatic hydroxyl groups excluding tert-OH is 2. The van der Waals surface area contributed by atoms with Crippen LogP contribution >= 0.6 is 0 Å². The van der Waals surface area contributed by atoms with Crippen molar-refractivity contribution in [1.82, 2.24) is 9.97 Å². The molecule has 0 amide bonds. The number of nitrogen functional groups attached to an aromatic ring is 1. The molecule has 0 aliphatic carbocycles. The molecular weight excluding hydrogens is 186 g/mol. The van der Waals surface area contributed by atoms with Gasteiger partial charge in [-0.25, -0.2) is 15.8 Å². The van der Waals surface area contributed by atoms with Crippen LogP contribution < -0.4 is 16.6 Å². The third kappa shape index (κ3) is 2.80. The number of nitrogens with one attached hydrogen (secondary N) is 2. The summed E-state index contributed by atoms with van der Waals surface area (Å²) in [5, 5.41) is 20.4. The van der Waals surface area contributed by atoms with E-state index in [-0.39, 0.29) is 13.2 Å². The van der Waals surface area contributed by atoms with Crippen LogP contribution in [0.4, 0.5) is 11.6 Å². The van der Waals surface area contributed by atoms with Gasteiger partial charge < -0.3 is 21.0 Å². The van der Waals surface area contributed by atoms with Gasteiger partial charge in [0.15, 0.2) is 0 Å². The summed E-state index contributed by atoms with van der Waals surface area (Å²) in [5.74, 6) is 6.09. The van der Waals surface area contributed by atoms with Crippen LogP contribution in [0.3, 0.4) is 0 Å². The molecule has 78 valence electrons. The Bertz CT molecular complexity index is 279. The number of hydrogen-bond donors (Lipinski definition) is 5. The Morgan fingerprint density at radius 3 is 2.50 bits per heavy atom. The van der Waals surface area contributed by atoms with Gasteiger partial charge >= 0.3 is 0 Å². The average molecular weight is 199 g/mol. The predicted molar refractivity (Wildman–Crippen MR) is 51.4 cm³/mol. The van der Waals surface area contributed by atoms with E-state index in [4.69, 9.17) is 16.1 Å². The molecule has 0 saturated carbocycles. The summed E-state index contributed by atoms with van der Waals surface area (Å²) in [6.07, 6.45) is 1.32. The Balaban J connectivity index is 2.65. The Hall–Kier alpha value is -1.44. The van der Waals surface area contributed by atoms with Crippen LogP contribution in [0.15, 0.2) is 12.4 Å². The van der Waals surface area contributed by atoms with Crippen molar-refractivity contribution in [2.75, 3.05) is 24.0 Å². The number of hydrazine groups is 1. The molecule has 0 fully saturated rings. The molecule has 1 rings (SSSR count). The lowest BCUT2D eigenvalue weighted by Gasteiger charge is -2.13. The molecule has 0 spiro atoms. The topological polar surface area (TPSA) is 116 Å². The summed E-state index contributed by atoms with van der Waals surface area (Å²) >= 11 is 0. The second-order valence-electron chi connectivity index (χ2n) is 2.64. The third-order valence-corrected chi connectivity index (χ3v) is 1.61. The molecule has 1 heterocycles. The first-order chi connectivity index (χ1) is 6.80. The first-order valence-corrected chi connectivity index (χ1v) is 4.07. The Labute approximate surface area is 81.0 Å². The summed E-state index contributed by atoms with van der Waals surface area (Å²) in [4.78, 5) is 7.69. The van der Waals surface area contributed by atoms with Gasteiger partial charge in [-0.15, -0.1) is 0 Å². The van der Waals surface area contributed by atoms with Gasteiger partial charge in [-0.3, -0.25) is 0 Å². The van der Waals surface area contributed by atoms with Crippen LogP contribution in [-0.2, 0) is 0 Å². The normalized spacial score (nSPS) is 10.3. The molecule has 7 heteroatoms. The summed E-state index contributed by atoms with van der Waals surface area (Å²) < 4.78 is 0. The highest BCUT2D eigenvalue weighted by atomic mass is 16.3. The summed E-state index contributed by atoms with van der Waals surface area (Å²) in [5.41, 5.74) is 2.36. The smallest absolute Gasteiger partial charge is 0.145 e. The van der Waals surface area contributed by atoms with Gasteiger partial charge in [-0.2, -0.15) is 0 Å². The highest BCUT2D eigenvalue weighted by Crippen LogP contribution is 2.07. The van der Waals surface area contributed by atoms with Crippen molar-refractivity contribution in [3.8, 4) is 0 Å². The van der Waals surface area contributed by atoms with Crippen LogP contribution in [-0.4, -0.2) is 39.4 Å². The van der Waals surface area contributed by atoms with Crippen molar-refractivity contribution in [3.05, 3.63) is 12.4 Å². The fourth-order valence-electron chi connectivity index (χ4n) is 0.873. The van der Waals surface area contributed by atoms with Gasteiger partial charge in [-0.1, -0.05) is 0 Å². The second kappa shape index (κ2) is 5.32. The largest absolute Gasteiger partial charge is 0.394 e. The maximum Gasteiger partial charge on any atom is 0.145 e.